The van der Waals surface area contributed by atoms with Gasteiger partial charge < -0.3 is 25.0 Å². The van der Waals surface area contributed by atoms with Gasteiger partial charge in [-0.3, -0.25) is 9.48 Å². The lowest BCUT2D eigenvalue weighted by molar-refractivity contribution is 0.0587. The zero-order valence-electron chi connectivity index (χ0n) is 19.7. The van der Waals surface area contributed by atoms with Crippen molar-refractivity contribution < 1.29 is 14.3 Å². The molecule has 1 aliphatic carbocycles. The number of anilines is 2. The van der Waals surface area contributed by atoms with E-state index in [9.17, 15) is 14.3 Å². The number of aryl methyl sites for hydroxylation is 2. The molecule has 1 aromatic carbocycles. The van der Waals surface area contributed by atoms with E-state index in [1.165, 1.54) is 6.07 Å². The number of aromatic nitrogens is 4. The number of imidazole rings is 1. The molecule has 3 aromatic heterocycles. The van der Waals surface area contributed by atoms with Crippen LogP contribution in [0.2, 0.25) is 0 Å². The van der Waals surface area contributed by atoms with Gasteiger partial charge in [-0.05, 0) is 38.3 Å². The van der Waals surface area contributed by atoms with Crippen LogP contribution in [0.15, 0.2) is 36.8 Å². The molecule has 1 atom stereocenters. The number of carbonyl (C=O) groups excluding carboxylic acids is 1. The van der Waals surface area contributed by atoms with Crippen LogP contribution >= 0.6 is 0 Å². The second-order valence-corrected chi connectivity index (χ2v) is 9.76. The quantitative estimate of drug-likeness (QED) is 0.409. The number of carbonyl (C=O) groups is 1. The van der Waals surface area contributed by atoms with E-state index >= 15 is 0 Å². The maximum Gasteiger partial charge on any atom is 0.257 e. The highest BCUT2D eigenvalue weighted by atomic mass is 19.1. The first kappa shape index (κ1) is 22.0. The molecule has 4 aromatic rings. The molecule has 1 saturated carbocycles. The fourth-order valence-electron chi connectivity index (χ4n) is 5.28. The number of aliphatic hydroxyl groups is 1. The van der Waals surface area contributed by atoms with Gasteiger partial charge in [0.2, 0.25) is 0 Å². The third-order valence-corrected chi connectivity index (χ3v) is 7.01. The number of nitrogens with zero attached hydrogens (tertiary/aromatic N) is 5. The third-order valence-electron chi connectivity index (χ3n) is 7.01. The summed E-state index contributed by atoms with van der Waals surface area (Å²) in [7, 11) is 1.84. The minimum atomic E-state index is -0.497. The first-order valence-corrected chi connectivity index (χ1v) is 12.0. The molecular weight excluding hydrogens is 449 g/mol. The molecule has 1 aliphatic heterocycles. The van der Waals surface area contributed by atoms with Crippen LogP contribution in [0.3, 0.4) is 0 Å². The minimum Gasteiger partial charge on any atom is -0.393 e. The number of aliphatic hydroxyl groups excluding tert-OH is 1. The van der Waals surface area contributed by atoms with E-state index in [0.29, 0.717) is 34.5 Å². The summed E-state index contributed by atoms with van der Waals surface area (Å²) in [6, 6.07) is 5.81. The molecule has 35 heavy (non-hydrogen) atoms. The molecular formula is C25H28FN7O2. The molecule has 0 bridgehead atoms. The second-order valence-electron chi connectivity index (χ2n) is 9.76. The fraction of sp³-hybridized carbons (Fsp3) is 0.400. The molecule has 10 heteroatoms. The highest BCUT2D eigenvalue weighted by molar-refractivity contribution is 6.13. The summed E-state index contributed by atoms with van der Waals surface area (Å²) in [4.78, 5) is 19.7. The Bertz CT molecular complexity index is 1440. The Balaban J connectivity index is 1.25. The van der Waals surface area contributed by atoms with E-state index in [4.69, 9.17) is 0 Å². The lowest BCUT2D eigenvalue weighted by atomic mass is 9.89. The largest absolute Gasteiger partial charge is 0.393 e. The molecule has 3 N–H and O–H groups in total. The van der Waals surface area contributed by atoms with Gasteiger partial charge in [0.15, 0.2) is 11.5 Å². The monoisotopic (exact) mass is 477 g/mol. The van der Waals surface area contributed by atoms with Gasteiger partial charge in [-0.2, -0.15) is 5.10 Å². The van der Waals surface area contributed by atoms with Crippen LogP contribution in [0.5, 0.6) is 0 Å². The Kier molecular flexibility index (Phi) is 5.23. The van der Waals surface area contributed by atoms with Gasteiger partial charge in [-0.25, -0.2) is 9.37 Å². The van der Waals surface area contributed by atoms with Crippen LogP contribution in [0, 0.1) is 12.7 Å². The van der Waals surface area contributed by atoms with E-state index in [0.717, 1.165) is 43.4 Å². The maximum atomic E-state index is 14.5. The van der Waals surface area contributed by atoms with Crippen molar-refractivity contribution in [3.8, 4) is 0 Å². The van der Waals surface area contributed by atoms with E-state index < -0.39 is 5.82 Å². The van der Waals surface area contributed by atoms with Gasteiger partial charge in [-0.15, -0.1) is 0 Å². The van der Waals surface area contributed by atoms with Crippen LogP contribution in [0.4, 0.5) is 15.8 Å². The number of halogens is 1. The molecule has 0 unspecified atom stereocenters. The number of nitrogens with one attached hydrogen (secondary N) is 2. The van der Waals surface area contributed by atoms with Crippen molar-refractivity contribution in [2.75, 3.05) is 23.3 Å². The van der Waals surface area contributed by atoms with Crippen molar-refractivity contribution in [3.63, 3.8) is 0 Å². The van der Waals surface area contributed by atoms with Gasteiger partial charge in [-0.1, -0.05) is 0 Å². The Labute approximate surface area is 201 Å². The first-order chi connectivity index (χ1) is 16.8. The summed E-state index contributed by atoms with van der Waals surface area (Å²) in [5.41, 5.74) is 3.36. The highest BCUT2D eigenvalue weighted by Gasteiger charge is 2.32. The van der Waals surface area contributed by atoms with Crippen molar-refractivity contribution in [3.05, 3.63) is 53.9 Å². The van der Waals surface area contributed by atoms with Crippen LogP contribution in [0.1, 0.15) is 35.3 Å². The molecule has 0 spiro atoms. The van der Waals surface area contributed by atoms with Crippen LogP contribution in [-0.2, 0) is 7.05 Å². The molecule has 1 amide bonds. The molecule has 6 rings (SSSR count). The van der Waals surface area contributed by atoms with Crippen molar-refractivity contribution in [1.82, 2.24) is 24.5 Å². The Morgan fingerprint density at radius 1 is 1.20 bits per heavy atom. The predicted octanol–water partition coefficient (Wildman–Crippen LogP) is 2.61. The predicted molar refractivity (Wildman–Crippen MR) is 131 cm³/mol. The number of rotatable bonds is 5. The summed E-state index contributed by atoms with van der Waals surface area (Å²) in [6.07, 6.45) is 7.81. The second kappa shape index (κ2) is 8.31. The van der Waals surface area contributed by atoms with Crippen LogP contribution in [0.25, 0.3) is 16.6 Å². The number of pyridine rings is 1. The summed E-state index contributed by atoms with van der Waals surface area (Å²) in [5.74, 6) is -0.844. The number of hydrogen-bond acceptors (Lipinski definition) is 6. The summed E-state index contributed by atoms with van der Waals surface area (Å²) in [5, 5.41) is 21.5. The van der Waals surface area contributed by atoms with Gasteiger partial charge >= 0.3 is 0 Å². The first-order valence-electron chi connectivity index (χ1n) is 12.0. The van der Waals surface area contributed by atoms with Crippen molar-refractivity contribution >= 4 is 33.8 Å². The normalized spacial score (nSPS) is 22.2. The van der Waals surface area contributed by atoms with E-state index in [-0.39, 0.29) is 17.7 Å². The molecule has 4 heterocycles. The average Bonchev–Trinajstić information content (AvgIpc) is 3.49. The van der Waals surface area contributed by atoms with Gasteiger partial charge in [0.25, 0.3) is 5.91 Å². The summed E-state index contributed by atoms with van der Waals surface area (Å²) >= 11 is 0. The van der Waals surface area contributed by atoms with Crippen molar-refractivity contribution in [1.29, 1.82) is 0 Å². The lowest BCUT2D eigenvalue weighted by Gasteiger charge is -2.34. The van der Waals surface area contributed by atoms with E-state index in [1.54, 1.807) is 34.5 Å². The molecule has 2 aliphatic rings. The van der Waals surface area contributed by atoms with Gasteiger partial charge in [0.05, 0.1) is 23.0 Å². The minimum absolute atomic E-state index is 0.166. The number of fused-ring (bicyclic) bond motifs is 2. The van der Waals surface area contributed by atoms with Crippen LogP contribution < -0.4 is 15.5 Å². The average molecular weight is 478 g/mol. The Hall–Kier alpha value is -3.50. The third kappa shape index (κ3) is 4.02. The Morgan fingerprint density at radius 2 is 2.03 bits per heavy atom. The van der Waals surface area contributed by atoms with Crippen molar-refractivity contribution in [2.24, 2.45) is 7.05 Å². The van der Waals surface area contributed by atoms with Crippen molar-refractivity contribution in [2.45, 2.75) is 44.4 Å². The number of amides is 1. The fourth-order valence-corrected chi connectivity index (χ4v) is 5.28. The molecule has 0 radical (unpaired) electrons. The lowest BCUT2D eigenvalue weighted by Crippen LogP contribution is -2.49. The van der Waals surface area contributed by atoms with Crippen LogP contribution in [-0.4, -0.2) is 61.5 Å². The number of hydrogen-bond donors (Lipinski definition) is 3. The molecule has 1 saturated heterocycles. The SMILES string of the molecule is Cc1cn2cc(NC(=O)c3ccc(N4CC[C@@H](N[C@H]5C[C@@H](O)C5)C4)c4cn(C)nc34)cc(F)c2n1. The van der Waals surface area contributed by atoms with E-state index in [2.05, 4.69) is 25.6 Å². The topological polar surface area (TPSA) is 99.7 Å². The standard InChI is InChI=1S/C25H28FN7O2/c1-14-10-33-12-17(9-21(26)24(33)27-14)29-25(35)19-3-4-22(20-13-31(2)30-23(19)20)32-6-5-15(11-32)28-16-7-18(34)8-16/h3-4,9-10,12-13,15-16,18,28,34H,5-8,11H2,1-2H3,(H,29,35)/t15-,16-,18+/m1/s1. The van der Waals surface area contributed by atoms with Gasteiger partial charge in [0.1, 0.15) is 5.52 Å². The van der Waals surface area contributed by atoms with E-state index in [1.807, 2.05) is 19.3 Å². The zero-order chi connectivity index (χ0) is 24.3. The highest BCUT2D eigenvalue weighted by Crippen LogP contribution is 2.32. The molecule has 9 nitrogen and oxygen atoms in total. The van der Waals surface area contributed by atoms with Gasteiger partial charge in [0, 0.05) is 68.0 Å². The Morgan fingerprint density at radius 3 is 2.83 bits per heavy atom. The molecule has 182 valence electrons. The number of benzene rings is 1. The maximum absolute atomic E-state index is 14.5. The summed E-state index contributed by atoms with van der Waals surface area (Å²) in [6.45, 7) is 3.57. The summed E-state index contributed by atoms with van der Waals surface area (Å²) < 4.78 is 17.8. The molecule has 2 fully saturated rings. The zero-order valence-corrected chi connectivity index (χ0v) is 19.7. The smallest absolute Gasteiger partial charge is 0.257 e.